The number of rotatable bonds is 7. The molecular weight excluding hydrogens is 408 g/mol. The highest BCUT2D eigenvalue weighted by atomic mass is 16.5. The van der Waals surface area contributed by atoms with Crippen LogP contribution in [0.5, 0.6) is 5.75 Å². The van der Waals surface area contributed by atoms with Gasteiger partial charge in [0.15, 0.2) is 0 Å². The number of nitrogens with one attached hydrogen (secondary N) is 1. The number of carbonyl (C=O) groups excluding carboxylic acids is 3. The summed E-state index contributed by atoms with van der Waals surface area (Å²) < 4.78 is 5.80. The lowest BCUT2D eigenvalue weighted by molar-refractivity contribution is -0.132. The van der Waals surface area contributed by atoms with Crippen molar-refractivity contribution < 1.29 is 19.1 Å². The van der Waals surface area contributed by atoms with Crippen molar-refractivity contribution >= 4 is 29.1 Å². The van der Waals surface area contributed by atoms with Crippen LogP contribution in [-0.4, -0.2) is 42.8 Å². The second-order valence-corrected chi connectivity index (χ2v) is 7.90. The van der Waals surface area contributed by atoms with Crippen LogP contribution in [0.1, 0.15) is 37.3 Å². The number of hydrogen-bond donors (Lipinski definition) is 2. The fraction of sp³-hybridized carbons (Fsp3) is 0.333. The number of primary amides is 1. The Labute approximate surface area is 186 Å². The van der Waals surface area contributed by atoms with E-state index in [4.69, 9.17) is 15.5 Å². The zero-order valence-corrected chi connectivity index (χ0v) is 17.9. The number of carbonyl (C=O) groups is 3. The Morgan fingerprint density at radius 3 is 2.72 bits per heavy atom. The lowest BCUT2D eigenvalue weighted by Crippen LogP contribution is -2.51. The van der Waals surface area contributed by atoms with Crippen molar-refractivity contribution in [1.82, 2.24) is 5.32 Å². The smallest absolute Gasteiger partial charge is 0.272 e. The minimum atomic E-state index is -1.12. The van der Waals surface area contributed by atoms with Crippen LogP contribution in [0.15, 0.2) is 53.5 Å². The van der Waals surface area contributed by atoms with Gasteiger partial charge in [-0.3, -0.25) is 14.4 Å². The van der Waals surface area contributed by atoms with Crippen LogP contribution in [-0.2, 0) is 14.4 Å². The van der Waals surface area contributed by atoms with Gasteiger partial charge in [0.05, 0.1) is 17.9 Å². The van der Waals surface area contributed by atoms with Gasteiger partial charge in [-0.2, -0.15) is 0 Å². The molecule has 0 spiro atoms. The Morgan fingerprint density at radius 1 is 1.22 bits per heavy atom. The standard InChI is InChI=1S/C24H26N4O4/c1-2-7-16(14-19(25)29)23(30)27-22-24(31)28-12-13-32-18-11-6-10-17(21(18)28)20(26-22)15-8-4-3-5-9-15/h3-6,8-11,16,22H,2,7,12-14H2,1H3,(H2,25,29)(H,27,30). The SMILES string of the molecule is CCCC(CC(N)=O)C(=O)NC1N=C(c2ccccc2)c2cccc3c2N(CCO3)C1=O. The summed E-state index contributed by atoms with van der Waals surface area (Å²) in [4.78, 5) is 44.3. The number of ether oxygens (including phenoxy) is 1. The van der Waals surface area contributed by atoms with Crippen molar-refractivity contribution in [3.05, 3.63) is 59.7 Å². The fourth-order valence-electron chi connectivity index (χ4n) is 4.18. The Bertz CT molecular complexity index is 1070. The summed E-state index contributed by atoms with van der Waals surface area (Å²) >= 11 is 0. The second kappa shape index (κ2) is 9.21. The number of nitrogens with two attached hydrogens (primary N) is 1. The normalized spacial score (nSPS) is 18.0. The second-order valence-electron chi connectivity index (χ2n) is 7.90. The first-order chi connectivity index (χ1) is 15.5. The van der Waals surface area contributed by atoms with Crippen molar-refractivity contribution in [2.75, 3.05) is 18.1 Å². The summed E-state index contributed by atoms with van der Waals surface area (Å²) in [6.45, 7) is 2.63. The van der Waals surface area contributed by atoms with Gasteiger partial charge in [0, 0.05) is 23.5 Å². The number of hydrogen-bond acceptors (Lipinski definition) is 5. The summed E-state index contributed by atoms with van der Waals surface area (Å²) in [5, 5.41) is 2.78. The lowest BCUT2D eigenvalue weighted by Gasteiger charge is -2.31. The number of para-hydroxylation sites is 1. The molecule has 2 aliphatic rings. The van der Waals surface area contributed by atoms with E-state index in [-0.39, 0.29) is 12.3 Å². The molecule has 8 nitrogen and oxygen atoms in total. The molecule has 2 unspecified atom stereocenters. The molecular formula is C24H26N4O4. The van der Waals surface area contributed by atoms with Crippen molar-refractivity contribution in [2.45, 2.75) is 32.4 Å². The van der Waals surface area contributed by atoms with Crippen molar-refractivity contribution in [3.8, 4) is 5.75 Å². The molecule has 4 rings (SSSR count). The summed E-state index contributed by atoms with van der Waals surface area (Å²) in [6, 6.07) is 15.1. The van der Waals surface area contributed by atoms with E-state index >= 15 is 0 Å². The summed E-state index contributed by atoms with van der Waals surface area (Å²) in [5.41, 5.74) is 8.17. The van der Waals surface area contributed by atoms with Crippen LogP contribution in [0.25, 0.3) is 0 Å². The highest BCUT2D eigenvalue weighted by molar-refractivity contribution is 6.21. The molecule has 2 aromatic rings. The van der Waals surface area contributed by atoms with Crippen LogP contribution in [0.4, 0.5) is 5.69 Å². The molecule has 0 aromatic heterocycles. The average molecular weight is 434 g/mol. The monoisotopic (exact) mass is 434 g/mol. The quantitative estimate of drug-likeness (QED) is 0.694. The van der Waals surface area contributed by atoms with Crippen LogP contribution >= 0.6 is 0 Å². The van der Waals surface area contributed by atoms with E-state index in [1.54, 1.807) is 4.90 Å². The Morgan fingerprint density at radius 2 is 2.00 bits per heavy atom. The molecule has 166 valence electrons. The zero-order valence-electron chi connectivity index (χ0n) is 17.9. The molecule has 0 saturated carbocycles. The lowest BCUT2D eigenvalue weighted by atomic mass is 9.98. The molecule has 0 fully saturated rings. The Hall–Kier alpha value is -3.68. The van der Waals surface area contributed by atoms with Gasteiger partial charge in [-0.1, -0.05) is 55.8 Å². The number of amides is 3. The third-order valence-electron chi connectivity index (χ3n) is 5.64. The van der Waals surface area contributed by atoms with Crippen molar-refractivity contribution in [3.63, 3.8) is 0 Å². The van der Waals surface area contributed by atoms with Gasteiger partial charge in [-0.05, 0) is 12.5 Å². The maximum absolute atomic E-state index is 13.5. The van der Waals surface area contributed by atoms with E-state index in [1.807, 2.05) is 55.5 Å². The van der Waals surface area contributed by atoms with Gasteiger partial charge in [-0.25, -0.2) is 4.99 Å². The minimum Gasteiger partial charge on any atom is -0.490 e. The predicted molar refractivity (Wildman–Crippen MR) is 121 cm³/mol. The Kier molecular flexibility index (Phi) is 6.20. The number of anilines is 1. The first-order valence-electron chi connectivity index (χ1n) is 10.8. The van der Waals surface area contributed by atoms with Gasteiger partial charge in [0.1, 0.15) is 12.4 Å². The summed E-state index contributed by atoms with van der Waals surface area (Å²) in [7, 11) is 0. The largest absolute Gasteiger partial charge is 0.490 e. The molecule has 2 aliphatic heterocycles. The molecule has 2 heterocycles. The van der Waals surface area contributed by atoms with Crippen LogP contribution in [0.2, 0.25) is 0 Å². The summed E-state index contributed by atoms with van der Waals surface area (Å²) in [6.07, 6.45) is 0.00842. The molecule has 8 heteroatoms. The minimum absolute atomic E-state index is 0.0717. The van der Waals surface area contributed by atoms with E-state index < -0.39 is 23.9 Å². The van der Waals surface area contributed by atoms with Gasteiger partial charge in [0.2, 0.25) is 18.0 Å². The van der Waals surface area contributed by atoms with Gasteiger partial charge in [0.25, 0.3) is 5.91 Å². The highest BCUT2D eigenvalue weighted by Crippen LogP contribution is 2.38. The molecule has 0 saturated heterocycles. The predicted octanol–water partition coefficient (Wildman–Crippen LogP) is 2.00. The van der Waals surface area contributed by atoms with Crippen LogP contribution in [0, 0.1) is 5.92 Å². The fourth-order valence-corrected chi connectivity index (χ4v) is 4.18. The van der Waals surface area contributed by atoms with E-state index in [0.717, 1.165) is 11.1 Å². The van der Waals surface area contributed by atoms with Gasteiger partial charge >= 0.3 is 0 Å². The number of benzene rings is 2. The molecule has 0 aliphatic carbocycles. The average Bonchev–Trinajstić information content (AvgIpc) is 2.91. The van der Waals surface area contributed by atoms with Crippen LogP contribution in [0.3, 0.4) is 0 Å². The van der Waals surface area contributed by atoms with Gasteiger partial charge < -0.3 is 20.7 Å². The third kappa shape index (κ3) is 4.21. The summed E-state index contributed by atoms with van der Waals surface area (Å²) in [5.74, 6) is -1.29. The molecule has 0 radical (unpaired) electrons. The van der Waals surface area contributed by atoms with Crippen molar-refractivity contribution in [1.29, 1.82) is 0 Å². The molecule has 0 bridgehead atoms. The third-order valence-corrected chi connectivity index (χ3v) is 5.64. The van der Waals surface area contributed by atoms with Crippen LogP contribution < -0.4 is 20.7 Å². The van der Waals surface area contributed by atoms with E-state index in [2.05, 4.69) is 5.32 Å². The molecule has 3 N–H and O–H groups in total. The van der Waals surface area contributed by atoms with Gasteiger partial charge in [-0.15, -0.1) is 0 Å². The number of nitrogens with zero attached hydrogens (tertiary/aromatic N) is 2. The molecule has 2 aromatic carbocycles. The first-order valence-corrected chi connectivity index (χ1v) is 10.8. The molecule has 2 atom stereocenters. The van der Waals surface area contributed by atoms with E-state index in [0.29, 0.717) is 43.1 Å². The molecule has 3 amide bonds. The topological polar surface area (TPSA) is 114 Å². The van der Waals surface area contributed by atoms with Crippen molar-refractivity contribution in [2.24, 2.45) is 16.6 Å². The maximum Gasteiger partial charge on any atom is 0.272 e. The zero-order chi connectivity index (χ0) is 22.7. The Balaban J connectivity index is 1.77. The van der Waals surface area contributed by atoms with E-state index in [1.165, 1.54) is 0 Å². The van der Waals surface area contributed by atoms with E-state index in [9.17, 15) is 14.4 Å². The first kappa shape index (κ1) is 21.5. The maximum atomic E-state index is 13.5. The number of aliphatic imine (C=N–C) groups is 1. The molecule has 32 heavy (non-hydrogen) atoms. The highest BCUT2D eigenvalue weighted by Gasteiger charge is 2.37.